The third-order valence-corrected chi connectivity index (χ3v) is 4.98. The largest absolute Gasteiger partial charge is 0.481 e. The second kappa shape index (κ2) is 6.57. The normalized spacial score (nSPS) is 26.2. The molecule has 2 aliphatic rings. The molecule has 1 saturated carbocycles. The van der Waals surface area contributed by atoms with Crippen molar-refractivity contribution in [3.63, 3.8) is 0 Å². The zero-order valence-electron chi connectivity index (χ0n) is 12.1. The first-order chi connectivity index (χ1) is 9.57. The van der Waals surface area contributed by atoms with Gasteiger partial charge in [-0.05, 0) is 31.7 Å². The summed E-state index contributed by atoms with van der Waals surface area (Å²) in [6, 6.07) is 0. The number of carboxylic acid groups (broad SMARTS) is 1. The summed E-state index contributed by atoms with van der Waals surface area (Å²) in [7, 11) is 0. The van der Waals surface area contributed by atoms with Crippen LogP contribution in [0.2, 0.25) is 0 Å². The molecule has 2 fully saturated rings. The average Bonchev–Trinajstić information content (AvgIpc) is 2.79. The number of amides is 1. The molecule has 5 nitrogen and oxygen atoms in total. The van der Waals surface area contributed by atoms with Crippen LogP contribution in [-0.2, 0) is 9.59 Å². The van der Waals surface area contributed by atoms with Gasteiger partial charge in [-0.1, -0.05) is 25.7 Å². The van der Waals surface area contributed by atoms with Crippen molar-refractivity contribution in [1.29, 1.82) is 0 Å². The van der Waals surface area contributed by atoms with E-state index < -0.39 is 11.4 Å². The Bertz CT molecular complexity index is 362. The fourth-order valence-corrected chi connectivity index (χ4v) is 3.52. The van der Waals surface area contributed by atoms with Crippen LogP contribution in [0.3, 0.4) is 0 Å². The minimum atomic E-state index is -0.825. The third-order valence-electron chi connectivity index (χ3n) is 4.98. The number of aliphatic carboxylic acids is 1. The SMILES string of the molecule is NCC1CCN(C(=O)CC2(C(=O)O)CCCCCC2)C1. The predicted octanol–water partition coefficient (Wildman–Crippen LogP) is 1.61. The van der Waals surface area contributed by atoms with Crippen LogP contribution in [0.15, 0.2) is 0 Å². The van der Waals surface area contributed by atoms with Crippen LogP contribution in [0.5, 0.6) is 0 Å². The van der Waals surface area contributed by atoms with Crippen molar-refractivity contribution in [2.24, 2.45) is 17.1 Å². The van der Waals surface area contributed by atoms with Gasteiger partial charge >= 0.3 is 5.97 Å². The number of nitrogens with zero attached hydrogens (tertiary/aromatic N) is 1. The Hall–Kier alpha value is -1.10. The van der Waals surface area contributed by atoms with E-state index in [0.29, 0.717) is 31.8 Å². The highest BCUT2D eigenvalue weighted by molar-refractivity contribution is 5.85. The number of nitrogens with two attached hydrogens (primary N) is 1. The van der Waals surface area contributed by atoms with Crippen LogP contribution in [0.1, 0.15) is 51.4 Å². The minimum Gasteiger partial charge on any atom is -0.481 e. The average molecular weight is 282 g/mol. The Balaban J connectivity index is 2.01. The smallest absolute Gasteiger partial charge is 0.310 e. The third kappa shape index (κ3) is 3.32. The number of likely N-dealkylation sites (tertiary alicyclic amines) is 1. The quantitative estimate of drug-likeness (QED) is 0.767. The molecule has 0 aromatic carbocycles. The second-order valence-electron chi connectivity index (χ2n) is 6.41. The Morgan fingerprint density at radius 2 is 1.85 bits per heavy atom. The van der Waals surface area contributed by atoms with Crippen LogP contribution >= 0.6 is 0 Å². The molecule has 2 rings (SSSR count). The molecule has 1 atom stereocenters. The molecule has 20 heavy (non-hydrogen) atoms. The maximum atomic E-state index is 12.4. The van der Waals surface area contributed by atoms with Crippen LogP contribution in [-0.4, -0.2) is 41.5 Å². The monoisotopic (exact) mass is 282 g/mol. The summed E-state index contributed by atoms with van der Waals surface area (Å²) in [5, 5.41) is 9.61. The van der Waals surface area contributed by atoms with Gasteiger partial charge in [0, 0.05) is 19.5 Å². The lowest BCUT2D eigenvalue weighted by molar-refractivity contribution is -0.154. The number of hydrogen-bond acceptors (Lipinski definition) is 3. The van der Waals surface area contributed by atoms with Gasteiger partial charge in [0.1, 0.15) is 0 Å². The van der Waals surface area contributed by atoms with Gasteiger partial charge in [0.15, 0.2) is 0 Å². The predicted molar refractivity (Wildman–Crippen MR) is 76.1 cm³/mol. The highest BCUT2D eigenvalue weighted by Gasteiger charge is 2.42. The molecular formula is C15H26N2O3. The molecule has 0 bridgehead atoms. The number of hydrogen-bond donors (Lipinski definition) is 2. The Morgan fingerprint density at radius 3 is 2.35 bits per heavy atom. The summed E-state index contributed by atoms with van der Waals surface area (Å²) >= 11 is 0. The lowest BCUT2D eigenvalue weighted by atomic mass is 9.77. The van der Waals surface area contributed by atoms with Crippen LogP contribution in [0.4, 0.5) is 0 Å². The number of carbonyl (C=O) groups excluding carboxylic acids is 1. The molecule has 0 aromatic heterocycles. The molecule has 1 aliphatic carbocycles. The maximum absolute atomic E-state index is 12.4. The first kappa shape index (κ1) is 15.3. The summed E-state index contributed by atoms with van der Waals surface area (Å²) in [5.74, 6) is -0.401. The van der Waals surface area contributed by atoms with E-state index in [1.165, 1.54) is 0 Å². The summed E-state index contributed by atoms with van der Waals surface area (Å²) in [6.45, 7) is 2.04. The molecule has 114 valence electrons. The van der Waals surface area contributed by atoms with Gasteiger partial charge in [-0.3, -0.25) is 9.59 Å². The summed E-state index contributed by atoms with van der Waals surface area (Å²) < 4.78 is 0. The molecule has 1 unspecified atom stereocenters. The van der Waals surface area contributed by atoms with Gasteiger partial charge in [0.05, 0.1) is 5.41 Å². The molecule has 5 heteroatoms. The molecule has 1 saturated heterocycles. The van der Waals surface area contributed by atoms with Crippen molar-refractivity contribution in [3.8, 4) is 0 Å². The number of carbonyl (C=O) groups is 2. The lowest BCUT2D eigenvalue weighted by Gasteiger charge is -2.29. The molecule has 1 amide bonds. The molecular weight excluding hydrogens is 256 g/mol. The molecule has 1 heterocycles. The van der Waals surface area contributed by atoms with Crippen LogP contribution in [0.25, 0.3) is 0 Å². The molecule has 1 aliphatic heterocycles. The molecule has 0 spiro atoms. The van der Waals surface area contributed by atoms with E-state index in [1.54, 1.807) is 0 Å². The maximum Gasteiger partial charge on any atom is 0.310 e. The summed E-state index contributed by atoms with van der Waals surface area (Å²) in [6.07, 6.45) is 6.41. The fourth-order valence-electron chi connectivity index (χ4n) is 3.52. The van der Waals surface area contributed by atoms with Crippen molar-refractivity contribution in [3.05, 3.63) is 0 Å². The Morgan fingerprint density at radius 1 is 1.20 bits per heavy atom. The van der Waals surface area contributed by atoms with E-state index in [2.05, 4.69) is 0 Å². The molecule has 0 aromatic rings. The highest BCUT2D eigenvalue weighted by Crippen LogP contribution is 2.39. The standard InChI is InChI=1S/C15H26N2O3/c16-10-12-5-8-17(11-12)13(18)9-15(14(19)20)6-3-1-2-4-7-15/h12H,1-11,16H2,(H,19,20). The van der Waals surface area contributed by atoms with E-state index in [9.17, 15) is 14.7 Å². The second-order valence-corrected chi connectivity index (χ2v) is 6.41. The van der Waals surface area contributed by atoms with Gasteiger partial charge < -0.3 is 15.7 Å². The fraction of sp³-hybridized carbons (Fsp3) is 0.867. The van der Waals surface area contributed by atoms with Gasteiger partial charge in [0.2, 0.25) is 5.91 Å². The lowest BCUT2D eigenvalue weighted by Crippen LogP contribution is -2.39. The first-order valence-corrected chi connectivity index (χ1v) is 7.79. The molecule has 0 radical (unpaired) electrons. The van der Waals surface area contributed by atoms with Gasteiger partial charge in [-0.15, -0.1) is 0 Å². The van der Waals surface area contributed by atoms with Crippen LogP contribution in [0, 0.1) is 11.3 Å². The van der Waals surface area contributed by atoms with E-state index in [0.717, 1.165) is 38.6 Å². The van der Waals surface area contributed by atoms with Crippen molar-refractivity contribution in [2.45, 2.75) is 51.4 Å². The Labute approximate surface area is 120 Å². The van der Waals surface area contributed by atoms with E-state index in [4.69, 9.17) is 5.73 Å². The van der Waals surface area contributed by atoms with Gasteiger partial charge in [-0.25, -0.2) is 0 Å². The zero-order chi connectivity index (χ0) is 14.6. The summed E-state index contributed by atoms with van der Waals surface area (Å²) in [4.78, 5) is 25.9. The van der Waals surface area contributed by atoms with E-state index >= 15 is 0 Å². The number of carboxylic acids is 1. The Kier molecular flexibility index (Phi) is 5.02. The van der Waals surface area contributed by atoms with Crippen molar-refractivity contribution >= 4 is 11.9 Å². The minimum absolute atomic E-state index is 0.00486. The van der Waals surface area contributed by atoms with E-state index in [1.807, 2.05) is 4.90 Å². The van der Waals surface area contributed by atoms with Crippen LogP contribution < -0.4 is 5.73 Å². The van der Waals surface area contributed by atoms with Crippen molar-refractivity contribution < 1.29 is 14.7 Å². The zero-order valence-corrected chi connectivity index (χ0v) is 12.1. The first-order valence-electron chi connectivity index (χ1n) is 7.79. The molecule has 3 N–H and O–H groups in total. The van der Waals surface area contributed by atoms with Crippen molar-refractivity contribution in [1.82, 2.24) is 4.90 Å². The topological polar surface area (TPSA) is 83.6 Å². The number of rotatable bonds is 4. The van der Waals surface area contributed by atoms with Gasteiger partial charge in [-0.2, -0.15) is 0 Å². The van der Waals surface area contributed by atoms with Crippen molar-refractivity contribution in [2.75, 3.05) is 19.6 Å². The van der Waals surface area contributed by atoms with Gasteiger partial charge in [0.25, 0.3) is 0 Å². The summed E-state index contributed by atoms with van der Waals surface area (Å²) in [5.41, 5.74) is 4.82. The van der Waals surface area contributed by atoms with E-state index in [-0.39, 0.29) is 12.3 Å². The highest BCUT2D eigenvalue weighted by atomic mass is 16.4.